The van der Waals surface area contributed by atoms with Crippen LogP contribution in [0.5, 0.6) is 0 Å². The summed E-state index contributed by atoms with van der Waals surface area (Å²) in [6.07, 6.45) is 4.54. The Labute approximate surface area is 165 Å². The number of methoxy groups -OCH3 is 1. The standard InChI is InChI=1S/C20H19F2N5O2/c1-12-9-23-19(25-15-10-24-27(11-15)16-7-20(21,22)8-16)26-17(12)13-3-5-14(6-4-13)18(28)29-2/h3-6,9-11,16H,7-8H2,1-2H3,(H,23,25,26). The van der Waals surface area contributed by atoms with Gasteiger partial charge in [0, 0.05) is 30.8 Å². The van der Waals surface area contributed by atoms with E-state index in [0.717, 1.165) is 11.1 Å². The van der Waals surface area contributed by atoms with Crippen molar-refractivity contribution in [2.45, 2.75) is 31.7 Å². The first-order chi connectivity index (χ1) is 13.8. The zero-order valence-electron chi connectivity index (χ0n) is 15.9. The highest BCUT2D eigenvalue weighted by Crippen LogP contribution is 2.45. The van der Waals surface area contributed by atoms with Gasteiger partial charge in [0.05, 0.1) is 36.3 Å². The molecule has 1 N–H and O–H groups in total. The van der Waals surface area contributed by atoms with E-state index in [1.807, 2.05) is 6.92 Å². The predicted molar refractivity (Wildman–Crippen MR) is 102 cm³/mol. The Bertz CT molecular complexity index is 1040. The topological polar surface area (TPSA) is 81.9 Å². The Hall–Kier alpha value is -3.36. The monoisotopic (exact) mass is 399 g/mol. The molecule has 1 saturated carbocycles. The first-order valence-corrected chi connectivity index (χ1v) is 9.06. The summed E-state index contributed by atoms with van der Waals surface area (Å²) in [6, 6.07) is 6.64. The molecule has 1 aliphatic rings. The van der Waals surface area contributed by atoms with E-state index in [0.29, 0.717) is 22.9 Å². The number of hydrogen-bond acceptors (Lipinski definition) is 6. The third kappa shape index (κ3) is 3.94. The number of rotatable bonds is 5. The summed E-state index contributed by atoms with van der Waals surface area (Å²) < 4.78 is 32.4. The molecule has 9 heteroatoms. The number of benzene rings is 1. The summed E-state index contributed by atoms with van der Waals surface area (Å²) in [5.41, 5.74) is 3.48. The van der Waals surface area contributed by atoms with Crippen LogP contribution in [0.3, 0.4) is 0 Å². The molecule has 1 fully saturated rings. The molecule has 1 aromatic carbocycles. The fourth-order valence-electron chi connectivity index (χ4n) is 3.22. The Balaban J connectivity index is 1.52. The molecule has 150 valence electrons. The molecule has 0 aliphatic heterocycles. The van der Waals surface area contributed by atoms with Crippen LogP contribution in [0, 0.1) is 6.92 Å². The van der Waals surface area contributed by atoms with E-state index in [-0.39, 0.29) is 18.9 Å². The third-order valence-electron chi connectivity index (χ3n) is 4.85. The van der Waals surface area contributed by atoms with Gasteiger partial charge in [-0.25, -0.2) is 23.5 Å². The fourth-order valence-corrected chi connectivity index (χ4v) is 3.22. The van der Waals surface area contributed by atoms with Crippen molar-refractivity contribution in [1.82, 2.24) is 19.7 Å². The van der Waals surface area contributed by atoms with E-state index in [1.54, 1.807) is 47.5 Å². The van der Waals surface area contributed by atoms with Gasteiger partial charge in [-0.05, 0) is 24.6 Å². The van der Waals surface area contributed by atoms with E-state index < -0.39 is 11.9 Å². The van der Waals surface area contributed by atoms with Gasteiger partial charge in [-0.3, -0.25) is 4.68 Å². The SMILES string of the molecule is COC(=O)c1ccc(-c2nc(Nc3cnn(C4CC(F)(F)C4)c3)ncc2C)cc1. The Morgan fingerprint density at radius 2 is 1.97 bits per heavy atom. The minimum atomic E-state index is -2.59. The van der Waals surface area contributed by atoms with Crippen molar-refractivity contribution < 1.29 is 18.3 Å². The Morgan fingerprint density at radius 1 is 1.24 bits per heavy atom. The average molecular weight is 399 g/mol. The number of ether oxygens (including phenoxy) is 1. The number of alkyl halides is 2. The highest BCUT2D eigenvalue weighted by molar-refractivity contribution is 5.89. The van der Waals surface area contributed by atoms with E-state index in [4.69, 9.17) is 4.74 Å². The molecular weight excluding hydrogens is 380 g/mol. The van der Waals surface area contributed by atoms with Crippen LogP contribution < -0.4 is 5.32 Å². The molecule has 0 saturated heterocycles. The Morgan fingerprint density at radius 3 is 2.62 bits per heavy atom. The van der Waals surface area contributed by atoms with Crippen LogP contribution in [0.25, 0.3) is 11.3 Å². The zero-order chi connectivity index (χ0) is 20.6. The van der Waals surface area contributed by atoms with E-state index >= 15 is 0 Å². The maximum atomic E-state index is 13.1. The minimum absolute atomic E-state index is 0.194. The lowest BCUT2D eigenvalue weighted by atomic mass is 9.88. The van der Waals surface area contributed by atoms with Gasteiger partial charge in [-0.15, -0.1) is 0 Å². The molecule has 0 bridgehead atoms. The molecule has 29 heavy (non-hydrogen) atoms. The summed E-state index contributed by atoms with van der Waals surface area (Å²) in [5.74, 6) is -2.64. The summed E-state index contributed by atoms with van der Waals surface area (Å²) in [7, 11) is 1.33. The maximum absolute atomic E-state index is 13.1. The molecule has 1 aliphatic carbocycles. The predicted octanol–water partition coefficient (Wildman–Crippen LogP) is 4.15. The Kier molecular flexibility index (Phi) is 4.73. The molecular formula is C20H19F2N5O2. The van der Waals surface area contributed by atoms with Crippen molar-refractivity contribution in [2.75, 3.05) is 12.4 Å². The lowest BCUT2D eigenvalue weighted by Gasteiger charge is -2.34. The highest BCUT2D eigenvalue weighted by atomic mass is 19.3. The molecule has 0 spiro atoms. The number of carbonyl (C=O) groups excluding carboxylic acids is 1. The maximum Gasteiger partial charge on any atom is 0.337 e. The van der Waals surface area contributed by atoms with Crippen molar-refractivity contribution in [3.63, 3.8) is 0 Å². The van der Waals surface area contributed by atoms with Gasteiger partial charge in [0.2, 0.25) is 5.95 Å². The normalized spacial score (nSPS) is 15.6. The number of nitrogens with zero attached hydrogens (tertiary/aromatic N) is 4. The van der Waals surface area contributed by atoms with Crippen LogP contribution in [-0.4, -0.2) is 38.8 Å². The number of anilines is 2. The molecule has 0 atom stereocenters. The van der Waals surface area contributed by atoms with E-state index in [1.165, 1.54) is 7.11 Å². The van der Waals surface area contributed by atoms with Crippen molar-refractivity contribution in [3.05, 3.63) is 54.0 Å². The number of halogens is 2. The largest absolute Gasteiger partial charge is 0.465 e. The van der Waals surface area contributed by atoms with Crippen LogP contribution in [0.2, 0.25) is 0 Å². The van der Waals surface area contributed by atoms with Crippen molar-refractivity contribution >= 4 is 17.6 Å². The highest BCUT2D eigenvalue weighted by Gasteiger charge is 2.46. The third-order valence-corrected chi connectivity index (χ3v) is 4.85. The van der Waals surface area contributed by atoms with Crippen LogP contribution in [-0.2, 0) is 4.74 Å². The van der Waals surface area contributed by atoms with Gasteiger partial charge < -0.3 is 10.1 Å². The van der Waals surface area contributed by atoms with Gasteiger partial charge in [0.25, 0.3) is 5.92 Å². The van der Waals surface area contributed by atoms with Gasteiger partial charge in [-0.1, -0.05) is 12.1 Å². The summed E-state index contributed by atoms with van der Waals surface area (Å²) in [4.78, 5) is 20.4. The number of aromatic nitrogens is 4. The molecule has 2 heterocycles. The van der Waals surface area contributed by atoms with Crippen molar-refractivity contribution in [1.29, 1.82) is 0 Å². The van der Waals surface area contributed by atoms with Crippen molar-refractivity contribution in [3.8, 4) is 11.3 Å². The minimum Gasteiger partial charge on any atom is -0.465 e. The number of hydrogen-bond donors (Lipinski definition) is 1. The molecule has 0 unspecified atom stereocenters. The number of carbonyl (C=O) groups is 1. The zero-order valence-corrected chi connectivity index (χ0v) is 15.9. The number of aryl methyl sites for hydroxylation is 1. The molecule has 0 amide bonds. The molecule has 0 radical (unpaired) electrons. The smallest absolute Gasteiger partial charge is 0.337 e. The number of esters is 1. The quantitative estimate of drug-likeness (QED) is 0.649. The average Bonchev–Trinajstić information content (AvgIpc) is 3.15. The van der Waals surface area contributed by atoms with Gasteiger partial charge in [0.1, 0.15) is 0 Å². The van der Waals surface area contributed by atoms with Gasteiger partial charge >= 0.3 is 5.97 Å². The molecule has 7 nitrogen and oxygen atoms in total. The lowest BCUT2D eigenvalue weighted by Crippen LogP contribution is -2.37. The summed E-state index contributed by atoms with van der Waals surface area (Å²) in [5, 5.41) is 7.21. The second-order valence-electron chi connectivity index (χ2n) is 7.05. The summed E-state index contributed by atoms with van der Waals surface area (Å²) >= 11 is 0. The van der Waals surface area contributed by atoms with Gasteiger partial charge in [-0.2, -0.15) is 5.10 Å². The van der Waals surface area contributed by atoms with Crippen LogP contribution in [0.1, 0.15) is 34.8 Å². The second-order valence-corrected chi connectivity index (χ2v) is 7.05. The van der Waals surface area contributed by atoms with E-state index in [2.05, 4.69) is 20.4 Å². The molecule has 3 aromatic rings. The molecule has 2 aromatic heterocycles. The second kappa shape index (κ2) is 7.23. The lowest BCUT2D eigenvalue weighted by molar-refractivity contribution is -0.106. The first-order valence-electron chi connectivity index (χ1n) is 9.06. The van der Waals surface area contributed by atoms with Crippen LogP contribution in [0.15, 0.2) is 42.9 Å². The molecule has 4 rings (SSSR count). The first kappa shape index (κ1) is 19.0. The van der Waals surface area contributed by atoms with Gasteiger partial charge in [0.15, 0.2) is 0 Å². The summed E-state index contributed by atoms with van der Waals surface area (Å²) in [6.45, 7) is 1.89. The van der Waals surface area contributed by atoms with Crippen molar-refractivity contribution in [2.24, 2.45) is 0 Å². The van der Waals surface area contributed by atoms with Crippen LogP contribution >= 0.6 is 0 Å². The number of nitrogens with one attached hydrogen (secondary N) is 1. The van der Waals surface area contributed by atoms with E-state index in [9.17, 15) is 13.6 Å². The fraction of sp³-hybridized carbons (Fsp3) is 0.300. The van der Waals surface area contributed by atoms with Crippen LogP contribution in [0.4, 0.5) is 20.4 Å².